The van der Waals surface area contributed by atoms with E-state index in [-0.39, 0.29) is 33.9 Å². The fourth-order valence-electron chi connectivity index (χ4n) is 3.96. The molecule has 0 aliphatic rings. The van der Waals surface area contributed by atoms with Gasteiger partial charge in [0.2, 0.25) is 0 Å². The number of carbonyl (C=O) groups is 1. The lowest BCUT2D eigenvalue weighted by molar-refractivity contribution is 0.102. The predicted octanol–water partition coefficient (Wildman–Crippen LogP) is 4.34. The van der Waals surface area contributed by atoms with Crippen molar-refractivity contribution in [1.29, 1.82) is 5.26 Å². The van der Waals surface area contributed by atoms with Crippen LogP contribution >= 0.6 is 0 Å². The molecule has 0 aliphatic heterocycles. The number of amides is 1. The summed E-state index contributed by atoms with van der Waals surface area (Å²) in [5.41, 5.74) is -0.0371. The van der Waals surface area contributed by atoms with Crippen LogP contribution in [0.5, 0.6) is 5.75 Å². The molecular formula is C26H22F2N6O4S. The predicted molar refractivity (Wildman–Crippen MR) is 140 cm³/mol. The van der Waals surface area contributed by atoms with Crippen LogP contribution in [0.15, 0.2) is 61.2 Å². The Balaban J connectivity index is 1.57. The Kier molecular flexibility index (Phi) is 8.26. The molecule has 2 aromatic carbocycles. The zero-order chi connectivity index (χ0) is 28.0. The maximum Gasteiger partial charge on any atom is 0.399 e. The van der Waals surface area contributed by atoms with Crippen LogP contribution in [0, 0.1) is 17.1 Å². The molecule has 4 rings (SSSR count). The fourth-order valence-corrected chi connectivity index (χ4v) is 4.68. The van der Waals surface area contributed by atoms with Crippen molar-refractivity contribution in [3.8, 4) is 11.8 Å². The van der Waals surface area contributed by atoms with Crippen LogP contribution in [0.1, 0.15) is 34.3 Å². The topological polar surface area (TPSA) is 138 Å². The zero-order valence-electron chi connectivity index (χ0n) is 20.6. The minimum atomic E-state index is -5.38. The van der Waals surface area contributed by atoms with E-state index in [1.807, 2.05) is 12.1 Å². The lowest BCUT2D eigenvalue weighted by atomic mass is 10.1. The van der Waals surface area contributed by atoms with Gasteiger partial charge in [-0.05, 0) is 55.2 Å². The number of hydrogen-bond donors (Lipinski definition) is 1. The van der Waals surface area contributed by atoms with Crippen LogP contribution in [0.3, 0.4) is 0 Å². The Morgan fingerprint density at radius 3 is 2.59 bits per heavy atom. The molecule has 0 atom stereocenters. The summed E-state index contributed by atoms with van der Waals surface area (Å²) >= 11 is 0. The van der Waals surface area contributed by atoms with Crippen molar-refractivity contribution in [2.24, 2.45) is 0 Å². The van der Waals surface area contributed by atoms with Crippen LogP contribution in [0.4, 0.5) is 19.7 Å². The van der Waals surface area contributed by atoms with Crippen molar-refractivity contribution in [3.05, 3.63) is 83.7 Å². The number of nitriles is 1. The Hall–Kier alpha value is -4.70. The molecule has 0 bridgehead atoms. The number of unbranched alkanes of at least 4 members (excludes halogenated alkanes) is 1. The van der Waals surface area contributed by atoms with Crippen molar-refractivity contribution < 1.29 is 26.2 Å². The number of anilines is 2. The van der Waals surface area contributed by atoms with E-state index in [2.05, 4.69) is 20.3 Å². The molecule has 0 fully saturated rings. The molecule has 0 saturated carbocycles. The van der Waals surface area contributed by atoms with Crippen LogP contribution in [0.2, 0.25) is 0 Å². The van der Waals surface area contributed by atoms with E-state index in [9.17, 15) is 22.4 Å². The Morgan fingerprint density at radius 1 is 1.13 bits per heavy atom. The molecule has 4 aromatic rings. The van der Waals surface area contributed by atoms with E-state index >= 15 is 4.39 Å². The quantitative estimate of drug-likeness (QED) is 0.227. The van der Waals surface area contributed by atoms with Gasteiger partial charge in [-0.1, -0.05) is 16.0 Å². The van der Waals surface area contributed by atoms with Gasteiger partial charge in [-0.25, -0.2) is 18.7 Å². The lowest BCUT2D eigenvalue weighted by Crippen LogP contribution is -2.30. The molecule has 0 saturated heterocycles. The number of fused-ring (bicyclic) bond motifs is 1. The first-order valence-electron chi connectivity index (χ1n) is 11.7. The number of hydrogen-bond acceptors (Lipinski definition) is 8. The van der Waals surface area contributed by atoms with Crippen molar-refractivity contribution in [3.63, 3.8) is 0 Å². The van der Waals surface area contributed by atoms with Crippen LogP contribution in [-0.4, -0.2) is 42.9 Å². The third-order valence-corrected chi connectivity index (χ3v) is 6.80. The molecule has 13 heteroatoms. The summed E-state index contributed by atoms with van der Waals surface area (Å²) in [6.07, 6.45) is 5.20. The van der Waals surface area contributed by atoms with Gasteiger partial charge in [0, 0.05) is 12.7 Å². The number of aromatic nitrogens is 3. The maximum atomic E-state index is 15.6. The first kappa shape index (κ1) is 27.3. The van der Waals surface area contributed by atoms with Crippen molar-refractivity contribution in [2.45, 2.75) is 19.3 Å². The maximum absolute atomic E-state index is 15.6. The average Bonchev–Trinajstić information content (AvgIpc) is 2.93. The highest BCUT2D eigenvalue weighted by Crippen LogP contribution is 2.32. The summed E-state index contributed by atoms with van der Waals surface area (Å²) in [6, 6.07) is 12.5. The van der Waals surface area contributed by atoms with Crippen LogP contribution < -0.4 is 14.4 Å². The summed E-state index contributed by atoms with van der Waals surface area (Å²) < 4.78 is 59.3. The number of nitrogens with one attached hydrogen (secondary N) is 1. The van der Waals surface area contributed by atoms with Gasteiger partial charge in [-0.15, -0.1) is 0 Å². The number of nitrogens with zero attached hydrogens (tertiary/aromatic N) is 5. The first-order valence-corrected chi connectivity index (χ1v) is 13.0. The minimum absolute atomic E-state index is 0.0181. The second-order valence-electron chi connectivity index (χ2n) is 8.32. The average molecular weight is 553 g/mol. The highest BCUT2D eigenvalue weighted by atomic mass is 32.3. The summed E-state index contributed by atoms with van der Waals surface area (Å²) in [5, 5.41) is 11.8. The highest BCUT2D eigenvalue weighted by molar-refractivity contribution is 7.87. The molecule has 0 unspecified atom stereocenters. The van der Waals surface area contributed by atoms with Crippen molar-refractivity contribution >= 4 is 38.7 Å². The third-order valence-electron chi connectivity index (χ3n) is 5.90. The molecule has 1 N–H and O–H groups in total. The Bertz CT molecular complexity index is 1650. The van der Waals surface area contributed by atoms with E-state index in [0.29, 0.717) is 24.1 Å². The molecule has 2 aromatic heterocycles. The van der Waals surface area contributed by atoms with Gasteiger partial charge in [0.05, 0.1) is 35.8 Å². The number of halogens is 2. The zero-order valence-corrected chi connectivity index (χ0v) is 21.5. The van der Waals surface area contributed by atoms with Crippen LogP contribution in [-0.2, 0) is 16.8 Å². The molecule has 39 heavy (non-hydrogen) atoms. The molecule has 0 radical (unpaired) electrons. The van der Waals surface area contributed by atoms with E-state index in [4.69, 9.17) is 4.74 Å². The summed E-state index contributed by atoms with van der Waals surface area (Å²) in [6.45, 7) is -0.364. The normalized spacial score (nSPS) is 11.1. The number of ether oxygens (including phenoxy) is 1. The van der Waals surface area contributed by atoms with E-state index in [0.717, 1.165) is 17.7 Å². The molecule has 0 spiro atoms. The second-order valence-corrected chi connectivity index (χ2v) is 9.59. The number of carbonyl (C=O) groups excluding carboxylic acids is 1. The third kappa shape index (κ3) is 6.24. The van der Waals surface area contributed by atoms with Gasteiger partial charge in [0.1, 0.15) is 29.2 Å². The van der Waals surface area contributed by atoms with Crippen molar-refractivity contribution in [2.75, 3.05) is 23.3 Å². The number of rotatable bonds is 10. The van der Waals surface area contributed by atoms with Gasteiger partial charge < -0.3 is 10.1 Å². The van der Waals surface area contributed by atoms with Gasteiger partial charge in [-0.3, -0.25) is 9.78 Å². The Morgan fingerprint density at radius 2 is 1.90 bits per heavy atom. The van der Waals surface area contributed by atoms with Gasteiger partial charge >= 0.3 is 10.4 Å². The SMILES string of the molecule is COc1ccc(CCCCN(c2ccc(C#N)c(NC(=O)c3ccnc4cncnc34)c2F)S(=O)(=O)F)cc1. The van der Waals surface area contributed by atoms with Gasteiger partial charge in [-0.2, -0.15) is 13.7 Å². The molecule has 200 valence electrons. The molecular weight excluding hydrogens is 530 g/mol. The second kappa shape index (κ2) is 11.8. The highest BCUT2D eigenvalue weighted by Gasteiger charge is 2.28. The van der Waals surface area contributed by atoms with Crippen LogP contribution in [0.25, 0.3) is 11.0 Å². The van der Waals surface area contributed by atoms with Gasteiger partial charge in [0.25, 0.3) is 5.91 Å². The largest absolute Gasteiger partial charge is 0.497 e. The summed E-state index contributed by atoms with van der Waals surface area (Å²) in [5.74, 6) is -1.41. The monoisotopic (exact) mass is 552 g/mol. The smallest absolute Gasteiger partial charge is 0.399 e. The summed E-state index contributed by atoms with van der Waals surface area (Å²) in [7, 11) is -3.83. The number of pyridine rings is 1. The van der Waals surface area contributed by atoms with E-state index in [1.54, 1.807) is 25.3 Å². The molecule has 2 heterocycles. The molecule has 10 nitrogen and oxygen atoms in total. The lowest BCUT2D eigenvalue weighted by Gasteiger charge is -2.22. The van der Waals surface area contributed by atoms with Gasteiger partial charge in [0.15, 0.2) is 5.82 Å². The van der Waals surface area contributed by atoms with E-state index < -0.39 is 33.5 Å². The standard InChI is InChI=1S/C26H22F2N6O4S/c1-38-19-8-5-17(6-9-19)4-2-3-13-34(39(28,36)37)22-10-7-18(14-29)24(23(22)27)33-26(35)20-11-12-31-21-15-30-16-32-25(20)21/h5-12,15-16H,2-4,13H2,1H3,(H,33,35). The molecule has 0 aliphatic carbocycles. The Labute approximate surface area is 223 Å². The number of aryl methyl sites for hydroxylation is 1. The van der Waals surface area contributed by atoms with E-state index in [1.165, 1.54) is 24.8 Å². The fraction of sp³-hybridized carbons (Fsp3) is 0.192. The minimum Gasteiger partial charge on any atom is -0.497 e. The van der Waals surface area contributed by atoms with Crippen molar-refractivity contribution in [1.82, 2.24) is 15.0 Å². The molecule has 1 amide bonds. The summed E-state index contributed by atoms with van der Waals surface area (Å²) in [4.78, 5) is 24.9. The number of benzene rings is 2. The first-order chi connectivity index (χ1) is 18.7. The number of methoxy groups -OCH3 is 1.